The zero-order valence-corrected chi connectivity index (χ0v) is 11.1. The third kappa shape index (κ3) is 3.11. The topological polar surface area (TPSA) is 53.6 Å². The number of hydrogen-bond acceptors (Lipinski definition) is 2. The zero-order chi connectivity index (χ0) is 12.2. The predicted octanol–water partition coefficient (Wildman–Crippen LogP) is 1.03. The minimum Gasteiger partial charge on any atom is -0.370 e. The van der Waals surface area contributed by atoms with E-state index in [2.05, 4.69) is 36.2 Å². The molecule has 0 aromatic heterocycles. The fourth-order valence-electron chi connectivity index (χ4n) is 2.69. The van der Waals surface area contributed by atoms with Crippen LogP contribution in [0.4, 0.5) is 0 Å². The normalized spacial score (nSPS) is 31.8. The molecule has 0 amide bonds. The summed E-state index contributed by atoms with van der Waals surface area (Å²) in [6, 6.07) is 0. The van der Waals surface area contributed by atoms with Gasteiger partial charge in [-0.2, -0.15) is 0 Å². The highest BCUT2D eigenvalue weighted by Gasteiger charge is 2.36. The van der Waals surface area contributed by atoms with Crippen molar-refractivity contribution in [3.8, 4) is 0 Å². The first-order chi connectivity index (χ1) is 7.50. The molecule has 0 aromatic carbocycles. The Kier molecular flexibility index (Phi) is 4.59. The Balaban J connectivity index is 2.65. The number of hydrogen-bond donors (Lipinski definition) is 2. The van der Waals surface area contributed by atoms with Gasteiger partial charge in [-0.3, -0.25) is 4.99 Å². The molecule has 1 fully saturated rings. The minimum absolute atomic E-state index is 0.243. The number of nitrogens with one attached hydrogen (secondary N) is 1. The van der Waals surface area contributed by atoms with Crippen molar-refractivity contribution in [3.05, 3.63) is 0 Å². The third-order valence-electron chi connectivity index (χ3n) is 3.86. The van der Waals surface area contributed by atoms with E-state index in [9.17, 15) is 0 Å². The SMILES string of the molecule is CN=C(N)NCC1(N(C)C)CCCC(C)C1. The molecule has 16 heavy (non-hydrogen) atoms. The summed E-state index contributed by atoms with van der Waals surface area (Å²) in [5.41, 5.74) is 5.95. The average molecular weight is 226 g/mol. The van der Waals surface area contributed by atoms with Gasteiger partial charge in [0.25, 0.3) is 0 Å². The summed E-state index contributed by atoms with van der Waals surface area (Å²) in [7, 11) is 6.05. The first-order valence-corrected chi connectivity index (χ1v) is 6.14. The highest BCUT2D eigenvalue weighted by Crippen LogP contribution is 2.35. The minimum atomic E-state index is 0.243. The molecule has 3 N–H and O–H groups in total. The van der Waals surface area contributed by atoms with Crippen LogP contribution < -0.4 is 11.1 Å². The molecule has 1 rings (SSSR count). The van der Waals surface area contributed by atoms with Gasteiger partial charge in [0.15, 0.2) is 5.96 Å². The van der Waals surface area contributed by atoms with Gasteiger partial charge in [0, 0.05) is 19.1 Å². The molecule has 4 heteroatoms. The van der Waals surface area contributed by atoms with Crippen LogP contribution in [-0.2, 0) is 0 Å². The molecule has 1 saturated carbocycles. The smallest absolute Gasteiger partial charge is 0.188 e. The van der Waals surface area contributed by atoms with Gasteiger partial charge >= 0.3 is 0 Å². The third-order valence-corrected chi connectivity index (χ3v) is 3.86. The van der Waals surface area contributed by atoms with E-state index in [4.69, 9.17) is 5.73 Å². The summed E-state index contributed by atoms with van der Waals surface area (Å²) in [5, 5.41) is 3.23. The number of rotatable bonds is 3. The Morgan fingerprint density at radius 1 is 1.56 bits per heavy atom. The number of nitrogens with zero attached hydrogens (tertiary/aromatic N) is 2. The number of guanidine groups is 1. The first kappa shape index (κ1) is 13.3. The van der Waals surface area contributed by atoms with Crippen molar-refractivity contribution in [1.29, 1.82) is 0 Å². The summed E-state index contributed by atoms with van der Waals surface area (Å²) >= 11 is 0. The maximum Gasteiger partial charge on any atom is 0.188 e. The lowest BCUT2D eigenvalue weighted by Crippen LogP contribution is -2.55. The Morgan fingerprint density at radius 2 is 2.25 bits per heavy atom. The lowest BCUT2D eigenvalue weighted by Gasteiger charge is -2.45. The van der Waals surface area contributed by atoms with Crippen LogP contribution in [0.5, 0.6) is 0 Å². The highest BCUT2D eigenvalue weighted by atomic mass is 15.2. The van der Waals surface area contributed by atoms with E-state index in [-0.39, 0.29) is 5.54 Å². The monoisotopic (exact) mass is 226 g/mol. The van der Waals surface area contributed by atoms with Gasteiger partial charge < -0.3 is 16.0 Å². The summed E-state index contributed by atoms with van der Waals surface area (Å²) < 4.78 is 0. The van der Waals surface area contributed by atoms with Crippen LogP contribution in [0, 0.1) is 5.92 Å². The second-order valence-corrected chi connectivity index (χ2v) is 5.28. The Bertz CT molecular complexity index is 249. The zero-order valence-electron chi connectivity index (χ0n) is 11.1. The maximum absolute atomic E-state index is 5.70. The molecule has 1 aliphatic rings. The van der Waals surface area contributed by atoms with E-state index in [1.54, 1.807) is 7.05 Å². The Hall–Kier alpha value is -0.770. The van der Waals surface area contributed by atoms with E-state index in [0.29, 0.717) is 5.96 Å². The number of aliphatic imine (C=N–C) groups is 1. The molecule has 1 aliphatic carbocycles. The molecular weight excluding hydrogens is 200 g/mol. The lowest BCUT2D eigenvalue weighted by molar-refractivity contribution is 0.0797. The van der Waals surface area contributed by atoms with E-state index in [1.807, 2.05) is 0 Å². The molecule has 0 saturated heterocycles. The van der Waals surface area contributed by atoms with Gasteiger partial charge in [0.05, 0.1) is 0 Å². The van der Waals surface area contributed by atoms with Gasteiger partial charge in [-0.25, -0.2) is 0 Å². The maximum atomic E-state index is 5.70. The first-order valence-electron chi connectivity index (χ1n) is 6.14. The standard InChI is InChI=1S/C12H26N4/c1-10-6-5-7-12(8-10,16(3)4)9-15-11(13)14-2/h10H,5-9H2,1-4H3,(H3,13,14,15). The molecule has 0 radical (unpaired) electrons. The van der Waals surface area contributed by atoms with Crippen LogP contribution in [0.25, 0.3) is 0 Å². The van der Waals surface area contributed by atoms with E-state index in [1.165, 1.54) is 25.7 Å². The van der Waals surface area contributed by atoms with Crippen LogP contribution in [0.2, 0.25) is 0 Å². The molecule has 94 valence electrons. The van der Waals surface area contributed by atoms with Crippen LogP contribution >= 0.6 is 0 Å². The predicted molar refractivity (Wildman–Crippen MR) is 69.6 cm³/mol. The average Bonchev–Trinajstić information content (AvgIpc) is 2.25. The summed E-state index contributed by atoms with van der Waals surface area (Å²) in [4.78, 5) is 6.29. The molecule has 0 aliphatic heterocycles. The van der Waals surface area contributed by atoms with Crippen molar-refractivity contribution in [1.82, 2.24) is 10.2 Å². The van der Waals surface area contributed by atoms with Crippen LogP contribution in [0.15, 0.2) is 4.99 Å². The second kappa shape index (κ2) is 5.53. The van der Waals surface area contributed by atoms with Crippen molar-refractivity contribution in [2.45, 2.75) is 38.1 Å². The summed E-state index contributed by atoms with van der Waals surface area (Å²) in [6.45, 7) is 3.24. The lowest BCUT2D eigenvalue weighted by atomic mass is 9.75. The summed E-state index contributed by atoms with van der Waals surface area (Å²) in [5.74, 6) is 1.34. The molecule has 0 bridgehead atoms. The van der Waals surface area contributed by atoms with Gasteiger partial charge in [-0.05, 0) is 32.9 Å². The van der Waals surface area contributed by atoms with Crippen LogP contribution in [0.1, 0.15) is 32.6 Å². The Morgan fingerprint density at radius 3 is 2.75 bits per heavy atom. The molecule has 0 aromatic rings. The largest absolute Gasteiger partial charge is 0.370 e. The molecule has 4 nitrogen and oxygen atoms in total. The van der Waals surface area contributed by atoms with E-state index in [0.717, 1.165) is 12.5 Å². The quantitative estimate of drug-likeness (QED) is 0.558. The highest BCUT2D eigenvalue weighted by molar-refractivity contribution is 5.77. The molecule has 2 atom stereocenters. The fourth-order valence-corrected chi connectivity index (χ4v) is 2.69. The Labute approximate surface area is 99.3 Å². The van der Waals surface area contributed by atoms with Crippen molar-refractivity contribution in [3.63, 3.8) is 0 Å². The van der Waals surface area contributed by atoms with E-state index >= 15 is 0 Å². The number of likely N-dealkylation sites (N-methyl/N-ethyl adjacent to an activating group) is 1. The molecule has 2 unspecified atom stereocenters. The van der Waals surface area contributed by atoms with Crippen molar-refractivity contribution in [2.24, 2.45) is 16.6 Å². The van der Waals surface area contributed by atoms with Crippen LogP contribution in [0.3, 0.4) is 0 Å². The van der Waals surface area contributed by atoms with E-state index < -0.39 is 0 Å². The molecule has 0 spiro atoms. The van der Waals surface area contributed by atoms with Crippen LogP contribution in [-0.4, -0.2) is 44.1 Å². The second-order valence-electron chi connectivity index (χ2n) is 5.28. The van der Waals surface area contributed by atoms with Gasteiger partial charge in [0.2, 0.25) is 0 Å². The number of nitrogens with two attached hydrogens (primary N) is 1. The van der Waals surface area contributed by atoms with Gasteiger partial charge in [-0.1, -0.05) is 19.8 Å². The van der Waals surface area contributed by atoms with Crippen molar-refractivity contribution < 1.29 is 0 Å². The van der Waals surface area contributed by atoms with Crippen molar-refractivity contribution >= 4 is 5.96 Å². The molecular formula is C12H26N4. The molecule has 0 heterocycles. The van der Waals surface area contributed by atoms with Gasteiger partial charge in [0.1, 0.15) is 0 Å². The fraction of sp³-hybridized carbons (Fsp3) is 0.917. The van der Waals surface area contributed by atoms with Crippen molar-refractivity contribution in [2.75, 3.05) is 27.7 Å². The van der Waals surface area contributed by atoms with Gasteiger partial charge in [-0.15, -0.1) is 0 Å². The summed E-state index contributed by atoms with van der Waals surface area (Å²) in [6.07, 6.45) is 5.15.